The number of unbranched alkanes of at least 4 members (excludes halogenated alkanes) is 1. The summed E-state index contributed by atoms with van der Waals surface area (Å²) in [7, 11) is 0. The fraction of sp³-hybridized carbons (Fsp3) is 0.300. The van der Waals surface area contributed by atoms with Gasteiger partial charge >= 0.3 is 0 Å². The van der Waals surface area contributed by atoms with Crippen LogP contribution in [0.2, 0.25) is 0 Å². The third-order valence-corrected chi connectivity index (χ3v) is 7.35. The molecular formula is C30H33FN4OS. The highest BCUT2D eigenvalue weighted by Gasteiger charge is 2.14. The molecule has 0 fully saturated rings. The lowest BCUT2D eigenvalue weighted by Gasteiger charge is -2.11. The summed E-state index contributed by atoms with van der Waals surface area (Å²) in [5.41, 5.74) is 4.76. The van der Waals surface area contributed by atoms with Crippen molar-refractivity contribution in [2.75, 3.05) is 0 Å². The molecule has 3 aromatic carbocycles. The van der Waals surface area contributed by atoms with Gasteiger partial charge in [0, 0.05) is 31.7 Å². The van der Waals surface area contributed by atoms with Gasteiger partial charge in [-0.05, 0) is 60.6 Å². The van der Waals surface area contributed by atoms with Gasteiger partial charge < -0.3 is 9.88 Å². The first kappa shape index (κ1) is 26.6. The number of carbonyl (C=O) groups excluding carboxylic acids is 1. The molecule has 0 saturated carbocycles. The zero-order valence-electron chi connectivity index (χ0n) is 21.2. The number of amides is 1. The maximum Gasteiger partial charge on any atom is 0.220 e. The molecule has 4 aromatic rings. The van der Waals surface area contributed by atoms with Crippen LogP contribution < -0.4 is 5.32 Å². The minimum atomic E-state index is -0.275. The van der Waals surface area contributed by atoms with Gasteiger partial charge in [-0.1, -0.05) is 78.5 Å². The van der Waals surface area contributed by atoms with E-state index in [9.17, 15) is 9.18 Å². The van der Waals surface area contributed by atoms with Crippen molar-refractivity contribution in [1.29, 1.82) is 0 Å². The largest absolute Gasteiger partial charge is 0.352 e. The minimum absolute atomic E-state index is 0.00402. The predicted molar refractivity (Wildman–Crippen MR) is 147 cm³/mol. The van der Waals surface area contributed by atoms with Gasteiger partial charge in [-0.2, -0.15) is 0 Å². The Morgan fingerprint density at radius 2 is 1.65 bits per heavy atom. The molecule has 0 spiro atoms. The first-order valence-corrected chi connectivity index (χ1v) is 13.7. The summed E-state index contributed by atoms with van der Waals surface area (Å²) in [6.45, 7) is 3.37. The second kappa shape index (κ2) is 13.7. The molecule has 4 rings (SSSR count). The smallest absolute Gasteiger partial charge is 0.220 e. The number of rotatable bonds is 13. The van der Waals surface area contributed by atoms with Crippen molar-refractivity contribution in [3.05, 3.63) is 113 Å². The Morgan fingerprint density at radius 1 is 0.892 bits per heavy atom. The van der Waals surface area contributed by atoms with E-state index in [2.05, 4.69) is 75.5 Å². The van der Waals surface area contributed by atoms with Crippen molar-refractivity contribution in [3.63, 3.8) is 0 Å². The highest BCUT2D eigenvalue weighted by atomic mass is 32.2. The first-order chi connectivity index (χ1) is 18.1. The standard InChI is InChI=1S/C30H33FN4OS/c1-23-9-5-6-12-26(23)22-37-30-34-33-28(35(30)20-19-24-10-3-2-4-11-24)13-7-8-14-29(36)32-21-25-15-17-27(31)18-16-25/h2-6,9-12,15-18H,7-8,13-14,19-22H2,1H3,(H,32,36). The summed E-state index contributed by atoms with van der Waals surface area (Å²) in [5, 5.41) is 12.9. The van der Waals surface area contributed by atoms with E-state index in [4.69, 9.17) is 0 Å². The average Bonchev–Trinajstić information content (AvgIpc) is 3.31. The van der Waals surface area contributed by atoms with Crippen LogP contribution in [0.25, 0.3) is 0 Å². The second-order valence-electron chi connectivity index (χ2n) is 9.11. The fourth-order valence-corrected chi connectivity index (χ4v) is 5.15. The lowest BCUT2D eigenvalue weighted by molar-refractivity contribution is -0.121. The van der Waals surface area contributed by atoms with Crippen LogP contribution in [0, 0.1) is 12.7 Å². The van der Waals surface area contributed by atoms with Crippen molar-refractivity contribution < 1.29 is 9.18 Å². The number of hydrogen-bond donors (Lipinski definition) is 1. The molecule has 37 heavy (non-hydrogen) atoms. The number of halogens is 1. The molecule has 0 aliphatic rings. The maximum absolute atomic E-state index is 13.0. The predicted octanol–water partition coefficient (Wildman–Crippen LogP) is 6.29. The van der Waals surface area contributed by atoms with Gasteiger partial charge in [-0.25, -0.2) is 4.39 Å². The summed E-state index contributed by atoms with van der Waals surface area (Å²) in [6.07, 6.45) is 3.77. The first-order valence-electron chi connectivity index (χ1n) is 12.7. The van der Waals surface area contributed by atoms with Crippen LogP contribution in [-0.4, -0.2) is 20.7 Å². The van der Waals surface area contributed by atoms with E-state index in [1.54, 1.807) is 23.9 Å². The van der Waals surface area contributed by atoms with E-state index in [0.29, 0.717) is 13.0 Å². The number of aryl methyl sites for hydroxylation is 3. The van der Waals surface area contributed by atoms with Gasteiger partial charge in [-0.3, -0.25) is 4.79 Å². The molecule has 1 amide bonds. The molecule has 0 unspecified atom stereocenters. The van der Waals surface area contributed by atoms with Gasteiger partial charge in [0.2, 0.25) is 5.91 Å². The van der Waals surface area contributed by atoms with Crippen LogP contribution >= 0.6 is 11.8 Å². The topological polar surface area (TPSA) is 59.8 Å². The lowest BCUT2D eigenvalue weighted by Crippen LogP contribution is -2.22. The van der Waals surface area contributed by atoms with Crippen LogP contribution in [0.1, 0.15) is 47.3 Å². The van der Waals surface area contributed by atoms with Crippen LogP contribution in [0.15, 0.2) is 84.0 Å². The van der Waals surface area contributed by atoms with Crippen LogP contribution in [0.4, 0.5) is 4.39 Å². The second-order valence-corrected chi connectivity index (χ2v) is 10.1. The fourth-order valence-electron chi connectivity index (χ4n) is 4.10. The van der Waals surface area contributed by atoms with Crippen molar-refractivity contribution in [1.82, 2.24) is 20.1 Å². The molecular weight excluding hydrogens is 483 g/mol. The zero-order valence-corrected chi connectivity index (χ0v) is 22.0. The summed E-state index contributed by atoms with van der Waals surface area (Å²) in [4.78, 5) is 12.3. The van der Waals surface area contributed by atoms with E-state index in [0.717, 1.165) is 54.5 Å². The third kappa shape index (κ3) is 8.29. The van der Waals surface area contributed by atoms with E-state index < -0.39 is 0 Å². The van der Waals surface area contributed by atoms with Crippen LogP contribution in [-0.2, 0) is 36.5 Å². The van der Waals surface area contributed by atoms with E-state index >= 15 is 0 Å². The number of hydrogen-bond acceptors (Lipinski definition) is 4. The molecule has 0 aliphatic carbocycles. The molecule has 1 N–H and O–H groups in total. The van der Waals surface area contributed by atoms with Crippen LogP contribution in [0.3, 0.4) is 0 Å². The number of thioether (sulfide) groups is 1. The summed E-state index contributed by atoms with van der Waals surface area (Å²) < 4.78 is 15.3. The molecule has 0 radical (unpaired) electrons. The van der Waals surface area contributed by atoms with Gasteiger partial charge in [0.05, 0.1) is 0 Å². The van der Waals surface area contributed by atoms with Gasteiger partial charge in [-0.15, -0.1) is 10.2 Å². The molecule has 1 heterocycles. The van der Waals surface area contributed by atoms with Gasteiger partial charge in [0.15, 0.2) is 5.16 Å². The Labute approximate surface area is 222 Å². The number of benzene rings is 3. The monoisotopic (exact) mass is 516 g/mol. The summed E-state index contributed by atoms with van der Waals surface area (Å²) >= 11 is 1.72. The Hall–Kier alpha value is -3.45. The van der Waals surface area contributed by atoms with Gasteiger partial charge in [0.25, 0.3) is 0 Å². The zero-order chi connectivity index (χ0) is 25.9. The van der Waals surface area contributed by atoms with E-state index in [1.165, 1.54) is 28.8 Å². The molecule has 7 heteroatoms. The Bertz CT molecular complexity index is 1270. The average molecular weight is 517 g/mol. The van der Waals surface area contributed by atoms with Crippen molar-refractivity contribution in [3.8, 4) is 0 Å². The SMILES string of the molecule is Cc1ccccc1CSc1nnc(CCCCC(=O)NCc2ccc(F)cc2)n1CCc1ccccc1. The number of carbonyl (C=O) groups is 1. The molecule has 192 valence electrons. The van der Waals surface area contributed by atoms with Crippen molar-refractivity contribution in [2.45, 2.75) is 63.0 Å². The Kier molecular flexibility index (Phi) is 9.89. The number of aromatic nitrogens is 3. The van der Waals surface area contributed by atoms with E-state index in [-0.39, 0.29) is 11.7 Å². The third-order valence-electron chi connectivity index (χ3n) is 6.34. The van der Waals surface area contributed by atoms with Crippen LogP contribution in [0.5, 0.6) is 0 Å². The number of nitrogens with one attached hydrogen (secondary N) is 1. The lowest BCUT2D eigenvalue weighted by atomic mass is 10.1. The number of nitrogens with zero attached hydrogens (tertiary/aromatic N) is 3. The Balaban J connectivity index is 1.31. The van der Waals surface area contributed by atoms with E-state index in [1.807, 2.05) is 6.07 Å². The van der Waals surface area contributed by atoms with Crippen molar-refractivity contribution >= 4 is 17.7 Å². The Morgan fingerprint density at radius 3 is 2.43 bits per heavy atom. The normalized spacial score (nSPS) is 11.0. The molecule has 0 aliphatic heterocycles. The summed E-state index contributed by atoms with van der Waals surface area (Å²) in [6, 6.07) is 25.1. The molecule has 0 bridgehead atoms. The molecule has 5 nitrogen and oxygen atoms in total. The minimum Gasteiger partial charge on any atom is -0.352 e. The quantitative estimate of drug-likeness (QED) is 0.168. The van der Waals surface area contributed by atoms with Gasteiger partial charge in [0.1, 0.15) is 11.6 Å². The molecule has 0 saturated heterocycles. The summed E-state index contributed by atoms with van der Waals surface area (Å²) in [5.74, 6) is 1.55. The molecule has 1 aromatic heterocycles. The highest BCUT2D eigenvalue weighted by Crippen LogP contribution is 2.24. The molecule has 0 atom stereocenters. The maximum atomic E-state index is 13.0. The highest BCUT2D eigenvalue weighted by molar-refractivity contribution is 7.98. The van der Waals surface area contributed by atoms with Crippen molar-refractivity contribution in [2.24, 2.45) is 0 Å².